The molecule has 0 fully saturated rings. The highest BCUT2D eigenvalue weighted by atomic mass is 35.5. The van der Waals surface area contributed by atoms with Crippen LogP contribution in [0.25, 0.3) is 0 Å². The number of carbonyl (C=O) groups is 2. The summed E-state index contributed by atoms with van der Waals surface area (Å²) >= 11 is 6.35. The smallest absolute Gasteiger partial charge is 0.356 e. The molecule has 1 amide bonds. The molecular formula is C21H15ClN2O3. The van der Waals surface area contributed by atoms with Crippen LogP contribution in [0.3, 0.4) is 0 Å². The molecule has 0 aromatic heterocycles. The van der Waals surface area contributed by atoms with Gasteiger partial charge in [-0.25, -0.2) is 4.79 Å². The third-order valence-electron chi connectivity index (χ3n) is 4.61. The quantitative estimate of drug-likeness (QED) is 0.710. The summed E-state index contributed by atoms with van der Waals surface area (Å²) in [6, 6.07) is 22.1. The number of hydrogen-bond acceptors (Lipinski definition) is 3. The van der Waals surface area contributed by atoms with Crippen molar-refractivity contribution in [1.29, 1.82) is 0 Å². The van der Waals surface area contributed by atoms with Crippen LogP contribution < -0.4 is 10.2 Å². The lowest BCUT2D eigenvalue weighted by atomic mass is 9.91. The summed E-state index contributed by atoms with van der Waals surface area (Å²) in [7, 11) is 0. The number of hydrogen-bond donors (Lipinski definition) is 2. The Morgan fingerprint density at radius 1 is 0.926 bits per heavy atom. The summed E-state index contributed by atoms with van der Waals surface area (Å²) in [6.07, 6.45) is 0. The Morgan fingerprint density at radius 2 is 1.56 bits per heavy atom. The molecular weight excluding hydrogens is 364 g/mol. The van der Waals surface area contributed by atoms with E-state index in [1.165, 1.54) is 4.90 Å². The van der Waals surface area contributed by atoms with Gasteiger partial charge in [0, 0.05) is 11.3 Å². The number of carboxylic acid groups (broad SMARTS) is 1. The van der Waals surface area contributed by atoms with Crippen molar-refractivity contribution in [3.05, 3.63) is 95.0 Å². The van der Waals surface area contributed by atoms with Gasteiger partial charge >= 0.3 is 5.97 Å². The number of carboxylic acids is 1. The maximum atomic E-state index is 13.4. The Kier molecular flexibility index (Phi) is 4.09. The molecule has 2 N–H and O–H groups in total. The maximum Gasteiger partial charge on any atom is 0.356 e. The van der Waals surface area contributed by atoms with E-state index in [0.29, 0.717) is 22.5 Å². The predicted molar refractivity (Wildman–Crippen MR) is 104 cm³/mol. The molecule has 0 bridgehead atoms. The van der Waals surface area contributed by atoms with Crippen LogP contribution in [0, 0.1) is 0 Å². The minimum atomic E-state index is -1.84. The second-order valence-electron chi connectivity index (χ2n) is 6.14. The van der Waals surface area contributed by atoms with Gasteiger partial charge in [0.25, 0.3) is 5.91 Å². The molecule has 4 rings (SSSR count). The lowest BCUT2D eigenvalue weighted by Gasteiger charge is -2.45. The van der Waals surface area contributed by atoms with Crippen molar-refractivity contribution in [3.63, 3.8) is 0 Å². The number of aliphatic carboxylic acids is 1. The Labute approximate surface area is 160 Å². The van der Waals surface area contributed by atoms with Gasteiger partial charge in [-0.15, -0.1) is 0 Å². The summed E-state index contributed by atoms with van der Waals surface area (Å²) in [6.45, 7) is 0. The lowest BCUT2D eigenvalue weighted by Crippen LogP contribution is -2.62. The van der Waals surface area contributed by atoms with Gasteiger partial charge in [-0.3, -0.25) is 9.69 Å². The number of amides is 1. The van der Waals surface area contributed by atoms with Gasteiger partial charge in [0.1, 0.15) is 0 Å². The zero-order valence-electron chi connectivity index (χ0n) is 14.1. The number of nitrogens with one attached hydrogen (secondary N) is 1. The molecule has 0 saturated carbocycles. The molecule has 0 unspecified atom stereocenters. The second-order valence-corrected chi connectivity index (χ2v) is 6.55. The van der Waals surface area contributed by atoms with Gasteiger partial charge in [-0.1, -0.05) is 66.2 Å². The van der Waals surface area contributed by atoms with Crippen LogP contribution in [0.5, 0.6) is 0 Å². The van der Waals surface area contributed by atoms with Crippen molar-refractivity contribution in [2.75, 3.05) is 10.2 Å². The van der Waals surface area contributed by atoms with Gasteiger partial charge in [0.2, 0.25) is 5.66 Å². The van der Waals surface area contributed by atoms with Crippen molar-refractivity contribution in [2.24, 2.45) is 0 Å². The fraction of sp³-hybridized carbons (Fsp3) is 0.0476. The molecule has 1 heterocycles. The van der Waals surface area contributed by atoms with E-state index in [2.05, 4.69) is 5.32 Å². The predicted octanol–water partition coefficient (Wildman–Crippen LogP) is 4.35. The van der Waals surface area contributed by atoms with Crippen molar-refractivity contribution in [2.45, 2.75) is 5.66 Å². The van der Waals surface area contributed by atoms with E-state index in [-0.39, 0.29) is 5.02 Å². The Hall–Kier alpha value is -3.31. The first-order chi connectivity index (χ1) is 13.1. The van der Waals surface area contributed by atoms with E-state index in [0.717, 1.165) is 0 Å². The third-order valence-corrected chi connectivity index (χ3v) is 4.93. The monoisotopic (exact) mass is 378 g/mol. The van der Waals surface area contributed by atoms with Gasteiger partial charge < -0.3 is 10.4 Å². The zero-order chi connectivity index (χ0) is 19.0. The molecule has 0 spiro atoms. The molecule has 3 aromatic carbocycles. The topological polar surface area (TPSA) is 69.6 Å². The molecule has 0 saturated heterocycles. The highest BCUT2D eigenvalue weighted by Gasteiger charge is 2.53. The molecule has 6 heteroatoms. The molecule has 3 aromatic rings. The van der Waals surface area contributed by atoms with Gasteiger partial charge in [-0.2, -0.15) is 0 Å². The van der Waals surface area contributed by atoms with Crippen LogP contribution in [-0.4, -0.2) is 17.0 Å². The molecule has 27 heavy (non-hydrogen) atoms. The molecule has 134 valence electrons. The minimum absolute atomic E-state index is 0.286. The lowest BCUT2D eigenvalue weighted by molar-refractivity contribution is -0.142. The van der Waals surface area contributed by atoms with Crippen LogP contribution in [0.2, 0.25) is 5.02 Å². The van der Waals surface area contributed by atoms with Crippen molar-refractivity contribution in [3.8, 4) is 0 Å². The zero-order valence-corrected chi connectivity index (χ0v) is 14.9. The average Bonchev–Trinajstić information content (AvgIpc) is 2.69. The first kappa shape index (κ1) is 17.1. The largest absolute Gasteiger partial charge is 0.478 e. The van der Waals surface area contributed by atoms with Crippen LogP contribution in [-0.2, 0) is 10.5 Å². The summed E-state index contributed by atoms with van der Waals surface area (Å²) in [5.41, 5.74) is -0.266. The maximum absolute atomic E-state index is 13.4. The number of anilines is 2. The number of carbonyl (C=O) groups excluding carboxylic acids is 1. The Morgan fingerprint density at radius 3 is 2.26 bits per heavy atom. The number of benzene rings is 3. The normalized spacial score (nSPS) is 18.6. The van der Waals surface area contributed by atoms with Crippen LogP contribution in [0.4, 0.5) is 11.4 Å². The molecule has 0 aliphatic carbocycles. The first-order valence-corrected chi connectivity index (χ1v) is 8.69. The molecule has 0 radical (unpaired) electrons. The van der Waals surface area contributed by atoms with Crippen molar-refractivity contribution >= 4 is 34.9 Å². The van der Waals surface area contributed by atoms with Crippen LogP contribution in [0.1, 0.15) is 15.9 Å². The van der Waals surface area contributed by atoms with Gasteiger partial charge in [0.05, 0.1) is 16.3 Å². The van der Waals surface area contributed by atoms with Crippen molar-refractivity contribution in [1.82, 2.24) is 0 Å². The molecule has 5 nitrogen and oxygen atoms in total. The van der Waals surface area contributed by atoms with Gasteiger partial charge in [-0.05, 0) is 24.3 Å². The fourth-order valence-corrected chi connectivity index (χ4v) is 3.60. The van der Waals surface area contributed by atoms with E-state index < -0.39 is 17.5 Å². The van der Waals surface area contributed by atoms with Crippen molar-refractivity contribution < 1.29 is 14.7 Å². The van der Waals surface area contributed by atoms with E-state index in [1.807, 2.05) is 0 Å². The fourth-order valence-electron chi connectivity index (χ4n) is 3.38. The highest BCUT2D eigenvalue weighted by molar-refractivity contribution is 6.34. The van der Waals surface area contributed by atoms with E-state index in [1.54, 1.807) is 78.9 Å². The van der Waals surface area contributed by atoms with Crippen LogP contribution >= 0.6 is 11.6 Å². The average molecular weight is 379 g/mol. The second kappa shape index (κ2) is 6.45. The van der Waals surface area contributed by atoms with E-state index >= 15 is 0 Å². The van der Waals surface area contributed by atoms with E-state index in [4.69, 9.17) is 11.6 Å². The standard InChI is InChI=1S/C21H15ClN2O3/c22-16-11-5-7-13-18(16)24-19(25)15-10-4-6-12-17(15)23-21(24,20(26)27)14-8-2-1-3-9-14/h1-13,23H,(H,26,27)/t21-/m0/s1. The molecule has 1 aliphatic rings. The Balaban J connectivity index is 2.06. The Bertz CT molecular complexity index is 1040. The molecule has 1 aliphatic heterocycles. The minimum Gasteiger partial charge on any atom is -0.478 e. The number of fused-ring (bicyclic) bond motifs is 1. The molecule has 1 atom stereocenters. The first-order valence-electron chi connectivity index (χ1n) is 8.31. The summed E-state index contributed by atoms with van der Waals surface area (Å²) in [5.74, 6) is -1.65. The van der Waals surface area contributed by atoms with E-state index in [9.17, 15) is 14.7 Å². The number of nitrogens with zero attached hydrogens (tertiary/aromatic N) is 1. The van der Waals surface area contributed by atoms with Crippen LogP contribution in [0.15, 0.2) is 78.9 Å². The summed E-state index contributed by atoms with van der Waals surface area (Å²) in [5, 5.41) is 13.7. The SMILES string of the molecule is O=C1c2ccccc2N[C@@](C(=O)O)(c2ccccc2)N1c1ccccc1Cl. The highest BCUT2D eigenvalue weighted by Crippen LogP contribution is 2.43. The van der Waals surface area contributed by atoms with Gasteiger partial charge in [0.15, 0.2) is 0 Å². The number of halogens is 1. The third kappa shape index (κ3) is 2.55. The number of rotatable bonds is 3. The number of para-hydroxylation sites is 2. The summed E-state index contributed by atoms with van der Waals surface area (Å²) < 4.78 is 0. The summed E-state index contributed by atoms with van der Waals surface area (Å²) in [4.78, 5) is 27.3.